The van der Waals surface area contributed by atoms with Gasteiger partial charge in [-0.05, 0) is 43.7 Å². The molecule has 0 radical (unpaired) electrons. The molecule has 0 saturated carbocycles. The highest BCUT2D eigenvalue weighted by molar-refractivity contribution is 8.00. The third kappa shape index (κ3) is 4.56. The number of aryl methyl sites for hydroxylation is 1. The lowest BCUT2D eigenvalue weighted by molar-refractivity contribution is -0.115. The molecule has 0 atom stereocenters. The largest absolute Gasteiger partial charge is 0.494 e. The van der Waals surface area contributed by atoms with Gasteiger partial charge in [0.25, 0.3) is 5.91 Å². The van der Waals surface area contributed by atoms with E-state index in [1.807, 2.05) is 49.4 Å². The van der Waals surface area contributed by atoms with E-state index in [1.165, 1.54) is 11.8 Å². The average molecular weight is 387 g/mol. The maximum atomic E-state index is 12.4. The summed E-state index contributed by atoms with van der Waals surface area (Å²) in [7, 11) is 0. The predicted octanol–water partition coefficient (Wildman–Crippen LogP) is 4.73. The molecule has 136 valence electrons. The monoisotopic (exact) mass is 386 g/mol. The van der Waals surface area contributed by atoms with Gasteiger partial charge in [0.15, 0.2) is 4.80 Å². The maximum absolute atomic E-state index is 12.4. The second-order valence-corrected chi connectivity index (χ2v) is 7.76. The number of thioether (sulfide) groups is 1. The van der Waals surface area contributed by atoms with Crippen LogP contribution in [-0.2, 0) is 11.3 Å². The standard InChI is InChI=1S/C20H22N2O2S2/c1-3-12-22-17-11-10-15(24-4-2)13-18(17)26-20(22)21-19(23)14-25-16-8-6-5-7-9-16/h5-11,13H,3-4,12,14H2,1-2H3. The SMILES string of the molecule is CCCn1c(=NC(=O)CSc2ccccc2)sc2cc(OCC)ccc21. The third-order valence-corrected chi connectivity index (χ3v) is 5.78. The van der Waals surface area contributed by atoms with Crippen molar-refractivity contribution in [2.24, 2.45) is 4.99 Å². The Labute approximate surface area is 161 Å². The van der Waals surface area contributed by atoms with Gasteiger partial charge in [-0.3, -0.25) is 4.79 Å². The summed E-state index contributed by atoms with van der Waals surface area (Å²) in [5.41, 5.74) is 1.10. The number of ether oxygens (including phenoxy) is 1. The Kier molecular flexibility index (Phi) is 6.52. The number of thiazole rings is 1. The summed E-state index contributed by atoms with van der Waals surface area (Å²) in [6.45, 7) is 5.58. The first-order valence-corrected chi connectivity index (χ1v) is 10.5. The zero-order valence-corrected chi connectivity index (χ0v) is 16.6. The molecule has 1 amide bonds. The van der Waals surface area contributed by atoms with Crippen molar-refractivity contribution in [3.8, 4) is 5.75 Å². The number of fused-ring (bicyclic) bond motifs is 1. The van der Waals surface area contributed by atoms with Gasteiger partial charge in [0.2, 0.25) is 0 Å². The molecule has 0 unspecified atom stereocenters. The molecule has 1 heterocycles. The summed E-state index contributed by atoms with van der Waals surface area (Å²) in [6.07, 6.45) is 0.985. The lowest BCUT2D eigenvalue weighted by Crippen LogP contribution is -2.17. The Bertz CT molecular complexity index is 945. The maximum Gasteiger partial charge on any atom is 0.258 e. The number of hydrogen-bond donors (Lipinski definition) is 0. The highest BCUT2D eigenvalue weighted by Crippen LogP contribution is 2.24. The summed E-state index contributed by atoms with van der Waals surface area (Å²) < 4.78 is 8.80. The van der Waals surface area contributed by atoms with Crippen molar-refractivity contribution < 1.29 is 9.53 Å². The van der Waals surface area contributed by atoms with Crippen molar-refractivity contribution in [2.75, 3.05) is 12.4 Å². The second kappa shape index (κ2) is 9.05. The summed E-state index contributed by atoms with van der Waals surface area (Å²) in [5.74, 6) is 1.08. The first kappa shape index (κ1) is 18.7. The number of nitrogens with zero attached hydrogens (tertiary/aromatic N) is 2. The quantitative estimate of drug-likeness (QED) is 0.551. The van der Waals surface area contributed by atoms with Crippen LogP contribution in [0.2, 0.25) is 0 Å². The normalized spacial score (nSPS) is 11.8. The van der Waals surface area contributed by atoms with Crippen LogP contribution in [0.15, 0.2) is 58.4 Å². The van der Waals surface area contributed by atoms with E-state index in [9.17, 15) is 4.79 Å². The molecular weight excluding hydrogens is 364 g/mol. The van der Waals surface area contributed by atoms with Crippen LogP contribution in [0.4, 0.5) is 0 Å². The van der Waals surface area contributed by atoms with E-state index in [0.29, 0.717) is 12.4 Å². The van der Waals surface area contributed by atoms with E-state index in [0.717, 1.165) is 38.6 Å². The van der Waals surface area contributed by atoms with Crippen LogP contribution in [0, 0.1) is 0 Å². The van der Waals surface area contributed by atoms with Gasteiger partial charge in [-0.1, -0.05) is 36.5 Å². The highest BCUT2D eigenvalue weighted by Gasteiger charge is 2.09. The van der Waals surface area contributed by atoms with E-state index in [2.05, 4.69) is 22.5 Å². The zero-order valence-electron chi connectivity index (χ0n) is 15.0. The van der Waals surface area contributed by atoms with Crippen LogP contribution < -0.4 is 9.54 Å². The summed E-state index contributed by atoms with van der Waals surface area (Å²) in [6, 6.07) is 16.0. The predicted molar refractivity (Wildman–Crippen MR) is 109 cm³/mol. The molecule has 1 aromatic heterocycles. The Morgan fingerprint density at radius 1 is 1.19 bits per heavy atom. The van der Waals surface area contributed by atoms with Gasteiger partial charge in [-0.2, -0.15) is 4.99 Å². The topological polar surface area (TPSA) is 43.6 Å². The molecule has 4 nitrogen and oxygen atoms in total. The van der Waals surface area contributed by atoms with Gasteiger partial charge in [0, 0.05) is 11.4 Å². The number of hydrogen-bond acceptors (Lipinski definition) is 4. The van der Waals surface area contributed by atoms with Crippen molar-refractivity contribution in [3.05, 3.63) is 53.3 Å². The number of carbonyl (C=O) groups is 1. The third-order valence-electron chi connectivity index (χ3n) is 3.74. The van der Waals surface area contributed by atoms with Crippen molar-refractivity contribution in [1.29, 1.82) is 0 Å². The first-order valence-electron chi connectivity index (χ1n) is 8.73. The van der Waals surface area contributed by atoms with Crippen LogP contribution in [0.1, 0.15) is 20.3 Å². The number of carbonyl (C=O) groups excluding carboxylic acids is 1. The van der Waals surface area contributed by atoms with Crippen LogP contribution in [0.3, 0.4) is 0 Å². The molecule has 0 N–H and O–H groups in total. The van der Waals surface area contributed by atoms with Crippen LogP contribution in [0.25, 0.3) is 10.2 Å². The molecule has 0 saturated heterocycles. The van der Waals surface area contributed by atoms with Crippen LogP contribution in [-0.4, -0.2) is 22.8 Å². The Hall–Kier alpha value is -2.05. The van der Waals surface area contributed by atoms with E-state index in [4.69, 9.17) is 4.74 Å². The summed E-state index contributed by atoms with van der Waals surface area (Å²) in [5, 5.41) is 0. The van der Waals surface area contributed by atoms with Gasteiger partial charge in [0.1, 0.15) is 5.75 Å². The smallest absolute Gasteiger partial charge is 0.258 e. The van der Waals surface area contributed by atoms with Crippen molar-refractivity contribution in [1.82, 2.24) is 4.57 Å². The van der Waals surface area contributed by atoms with Gasteiger partial charge in [0.05, 0.1) is 22.6 Å². The van der Waals surface area contributed by atoms with Gasteiger partial charge < -0.3 is 9.30 Å². The Morgan fingerprint density at radius 2 is 2.00 bits per heavy atom. The number of rotatable bonds is 7. The fraction of sp³-hybridized carbons (Fsp3) is 0.300. The molecule has 0 aliphatic heterocycles. The minimum atomic E-state index is -0.111. The molecular formula is C20H22N2O2S2. The van der Waals surface area contributed by atoms with Crippen molar-refractivity contribution in [3.63, 3.8) is 0 Å². The van der Waals surface area contributed by atoms with E-state index in [-0.39, 0.29) is 5.91 Å². The summed E-state index contributed by atoms with van der Waals surface area (Å²) in [4.78, 5) is 18.6. The zero-order chi connectivity index (χ0) is 18.4. The number of benzene rings is 2. The molecule has 0 fully saturated rings. The number of aromatic nitrogens is 1. The minimum absolute atomic E-state index is 0.111. The highest BCUT2D eigenvalue weighted by atomic mass is 32.2. The molecule has 26 heavy (non-hydrogen) atoms. The first-order chi connectivity index (χ1) is 12.7. The Morgan fingerprint density at radius 3 is 2.73 bits per heavy atom. The number of amides is 1. The second-order valence-electron chi connectivity index (χ2n) is 5.71. The van der Waals surface area contributed by atoms with Crippen LogP contribution in [0.5, 0.6) is 5.75 Å². The fourth-order valence-corrected chi connectivity index (χ4v) is 4.44. The lowest BCUT2D eigenvalue weighted by Gasteiger charge is -2.05. The van der Waals surface area contributed by atoms with Crippen molar-refractivity contribution >= 4 is 39.2 Å². The molecule has 3 rings (SSSR count). The average Bonchev–Trinajstić information content (AvgIpc) is 2.98. The van der Waals surface area contributed by atoms with Gasteiger partial charge in [-0.25, -0.2) is 0 Å². The van der Waals surface area contributed by atoms with Gasteiger partial charge >= 0.3 is 0 Å². The molecule has 0 aliphatic rings. The van der Waals surface area contributed by atoms with Crippen LogP contribution >= 0.6 is 23.1 Å². The molecule has 2 aromatic carbocycles. The molecule has 0 bridgehead atoms. The molecule has 6 heteroatoms. The Balaban J connectivity index is 1.87. The van der Waals surface area contributed by atoms with Gasteiger partial charge in [-0.15, -0.1) is 11.8 Å². The summed E-state index contributed by atoms with van der Waals surface area (Å²) >= 11 is 3.06. The van der Waals surface area contributed by atoms with E-state index >= 15 is 0 Å². The molecule has 0 spiro atoms. The fourth-order valence-electron chi connectivity index (χ4n) is 2.64. The minimum Gasteiger partial charge on any atom is -0.494 e. The van der Waals surface area contributed by atoms with Crippen molar-refractivity contribution in [2.45, 2.75) is 31.7 Å². The molecule has 0 aliphatic carbocycles. The molecule has 3 aromatic rings. The van der Waals surface area contributed by atoms with E-state index in [1.54, 1.807) is 11.3 Å². The lowest BCUT2D eigenvalue weighted by atomic mass is 10.3. The van der Waals surface area contributed by atoms with E-state index < -0.39 is 0 Å².